The first-order valence-corrected chi connectivity index (χ1v) is 11.3. The summed E-state index contributed by atoms with van der Waals surface area (Å²) in [5, 5.41) is 0. The second-order valence-electron chi connectivity index (χ2n) is 7.41. The number of benzene rings is 2. The van der Waals surface area contributed by atoms with Crippen molar-refractivity contribution in [2.75, 3.05) is 39.3 Å². The van der Waals surface area contributed by atoms with Crippen LogP contribution in [0.15, 0.2) is 47.4 Å². The molecule has 7 nitrogen and oxygen atoms in total. The molecule has 0 N–H and O–H groups in total. The smallest absolute Gasteiger partial charge is 0.243 e. The van der Waals surface area contributed by atoms with E-state index in [4.69, 9.17) is 9.47 Å². The zero-order valence-electron chi connectivity index (χ0n) is 17.8. The molecular weight excluding hydrogens is 404 g/mol. The van der Waals surface area contributed by atoms with E-state index in [0.29, 0.717) is 31.7 Å². The number of rotatable bonds is 6. The lowest BCUT2D eigenvalue weighted by atomic mass is 9.96. The van der Waals surface area contributed by atoms with Crippen LogP contribution >= 0.6 is 0 Å². The van der Waals surface area contributed by atoms with Crippen molar-refractivity contribution in [2.24, 2.45) is 5.92 Å². The molecule has 3 rings (SSSR count). The van der Waals surface area contributed by atoms with Crippen LogP contribution in [0.1, 0.15) is 18.4 Å². The summed E-state index contributed by atoms with van der Waals surface area (Å²) >= 11 is 0. The molecule has 0 saturated carbocycles. The summed E-state index contributed by atoms with van der Waals surface area (Å²) in [6.07, 6.45) is 0.987. The second kappa shape index (κ2) is 9.06. The van der Waals surface area contributed by atoms with Gasteiger partial charge in [0.2, 0.25) is 15.9 Å². The Labute approximate surface area is 178 Å². The maximum Gasteiger partial charge on any atom is 0.243 e. The normalized spacial score (nSPS) is 15.6. The molecule has 0 unspecified atom stereocenters. The lowest BCUT2D eigenvalue weighted by molar-refractivity contribution is -0.123. The van der Waals surface area contributed by atoms with Crippen LogP contribution < -0.4 is 14.4 Å². The van der Waals surface area contributed by atoms with Crippen LogP contribution in [0.4, 0.5) is 5.69 Å². The second-order valence-corrected chi connectivity index (χ2v) is 9.34. The summed E-state index contributed by atoms with van der Waals surface area (Å²) < 4.78 is 37.8. The first kappa shape index (κ1) is 22.1. The van der Waals surface area contributed by atoms with Gasteiger partial charge < -0.3 is 14.4 Å². The minimum Gasteiger partial charge on any atom is -0.497 e. The highest BCUT2D eigenvalue weighted by Gasteiger charge is 2.33. The van der Waals surface area contributed by atoms with Crippen LogP contribution in [0.3, 0.4) is 0 Å². The predicted octanol–water partition coefficient (Wildman–Crippen LogP) is 3.08. The standard InChI is InChI=1S/C22H28N2O5S/c1-16-15-20(9-10-21(16)29-4)30(26,27)24-13-11-17(12-14-24)22(25)23(2)18-5-7-19(28-3)8-6-18/h5-10,15,17H,11-14H2,1-4H3. The summed E-state index contributed by atoms with van der Waals surface area (Å²) in [6, 6.07) is 12.2. The van der Waals surface area contributed by atoms with E-state index in [1.165, 1.54) is 4.31 Å². The molecule has 0 bridgehead atoms. The Morgan fingerprint density at radius 3 is 2.20 bits per heavy atom. The topological polar surface area (TPSA) is 76.2 Å². The van der Waals surface area contributed by atoms with Gasteiger partial charge in [-0.2, -0.15) is 4.31 Å². The van der Waals surface area contributed by atoms with E-state index >= 15 is 0 Å². The van der Waals surface area contributed by atoms with Gasteiger partial charge in [-0.15, -0.1) is 0 Å². The van der Waals surface area contributed by atoms with Gasteiger partial charge in [0, 0.05) is 31.7 Å². The Bertz CT molecular complexity index is 997. The van der Waals surface area contributed by atoms with Gasteiger partial charge in [-0.05, 0) is 67.8 Å². The quantitative estimate of drug-likeness (QED) is 0.701. The van der Waals surface area contributed by atoms with E-state index in [1.807, 2.05) is 31.2 Å². The largest absolute Gasteiger partial charge is 0.497 e. The number of carbonyl (C=O) groups excluding carboxylic acids is 1. The van der Waals surface area contributed by atoms with Crippen LogP contribution in [0, 0.1) is 12.8 Å². The number of ether oxygens (including phenoxy) is 2. The van der Waals surface area contributed by atoms with E-state index < -0.39 is 10.0 Å². The average Bonchev–Trinajstić information content (AvgIpc) is 2.78. The van der Waals surface area contributed by atoms with Crippen molar-refractivity contribution in [2.45, 2.75) is 24.7 Å². The highest BCUT2D eigenvalue weighted by molar-refractivity contribution is 7.89. The Morgan fingerprint density at radius 2 is 1.67 bits per heavy atom. The summed E-state index contributed by atoms with van der Waals surface area (Å²) in [7, 11) is 1.30. The van der Waals surface area contributed by atoms with Crippen LogP contribution in [-0.2, 0) is 14.8 Å². The fraction of sp³-hybridized carbons (Fsp3) is 0.409. The van der Waals surface area contributed by atoms with Gasteiger partial charge in [0.1, 0.15) is 11.5 Å². The number of amides is 1. The maximum atomic E-state index is 13.0. The van der Waals surface area contributed by atoms with Crippen LogP contribution in [0.5, 0.6) is 11.5 Å². The summed E-state index contributed by atoms with van der Waals surface area (Å²) in [5.41, 5.74) is 1.55. The van der Waals surface area contributed by atoms with Gasteiger partial charge in [-0.3, -0.25) is 4.79 Å². The summed E-state index contributed by atoms with van der Waals surface area (Å²) in [6.45, 7) is 2.46. The molecule has 1 fully saturated rings. The van der Waals surface area contributed by atoms with E-state index in [9.17, 15) is 13.2 Å². The number of nitrogens with zero attached hydrogens (tertiary/aromatic N) is 2. The van der Waals surface area contributed by atoms with Gasteiger partial charge in [-0.1, -0.05) is 0 Å². The number of sulfonamides is 1. The molecule has 0 atom stereocenters. The fourth-order valence-corrected chi connectivity index (χ4v) is 5.27. The number of carbonyl (C=O) groups is 1. The molecule has 1 heterocycles. The number of methoxy groups -OCH3 is 2. The van der Waals surface area contributed by atoms with Gasteiger partial charge in [0.15, 0.2) is 0 Å². The van der Waals surface area contributed by atoms with E-state index in [0.717, 1.165) is 17.0 Å². The van der Waals surface area contributed by atoms with E-state index in [1.54, 1.807) is 44.4 Å². The van der Waals surface area contributed by atoms with Crippen molar-refractivity contribution in [1.29, 1.82) is 0 Å². The number of anilines is 1. The molecule has 1 amide bonds. The van der Waals surface area contributed by atoms with Crippen molar-refractivity contribution >= 4 is 21.6 Å². The molecule has 0 radical (unpaired) electrons. The molecular formula is C22H28N2O5S. The molecule has 30 heavy (non-hydrogen) atoms. The maximum absolute atomic E-state index is 13.0. The lowest BCUT2D eigenvalue weighted by Gasteiger charge is -2.32. The zero-order valence-corrected chi connectivity index (χ0v) is 18.6. The Morgan fingerprint density at radius 1 is 1.03 bits per heavy atom. The van der Waals surface area contributed by atoms with Crippen molar-refractivity contribution in [3.63, 3.8) is 0 Å². The van der Waals surface area contributed by atoms with Gasteiger partial charge in [0.25, 0.3) is 0 Å². The lowest BCUT2D eigenvalue weighted by Crippen LogP contribution is -2.43. The van der Waals surface area contributed by atoms with E-state index in [-0.39, 0.29) is 16.7 Å². The molecule has 0 aliphatic carbocycles. The first-order chi connectivity index (χ1) is 14.3. The molecule has 2 aromatic carbocycles. The average molecular weight is 433 g/mol. The Hall–Kier alpha value is -2.58. The van der Waals surface area contributed by atoms with Crippen molar-refractivity contribution in [1.82, 2.24) is 4.31 Å². The Balaban J connectivity index is 1.65. The van der Waals surface area contributed by atoms with Gasteiger partial charge >= 0.3 is 0 Å². The number of hydrogen-bond donors (Lipinski definition) is 0. The van der Waals surface area contributed by atoms with Crippen LogP contribution in [0.2, 0.25) is 0 Å². The third kappa shape index (κ3) is 4.44. The molecule has 0 spiro atoms. The molecule has 162 valence electrons. The third-order valence-corrected chi connectivity index (χ3v) is 7.49. The molecule has 1 aliphatic rings. The number of hydrogen-bond acceptors (Lipinski definition) is 5. The monoisotopic (exact) mass is 432 g/mol. The van der Waals surface area contributed by atoms with Crippen molar-refractivity contribution < 1.29 is 22.7 Å². The predicted molar refractivity (Wildman–Crippen MR) is 116 cm³/mol. The minimum atomic E-state index is -3.60. The van der Waals surface area contributed by atoms with Crippen molar-refractivity contribution in [3.8, 4) is 11.5 Å². The Kier molecular flexibility index (Phi) is 6.67. The first-order valence-electron chi connectivity index (χ1n) is 9.84. The SMILES string of the molecule is COc1ccc(N(C)C(=O)C2CCN(S(=O)(=O)c3ccc(OC)c(C)c3)CC2)cc1. The highest BCUT2D eigenvalue weighted by atomic mass is 32.2. The van der Waals surface area contributed by atoms with Crippen LogP contribution in [0.25, 0.3) is 0 Å². The molecule has 1 saturated heterocycles. The molecule has 2 aromatic rings. The minimum absolute atomic E-state index is 0.00231. The van der Waals surface area contributed by atoms with E-state index in [2.05, 4.69) is 0 Å². The summed E-state index contributed by atoms with van der Waals surface area (Å²) in [5.74, 6) is 1.17. The number of piperidine rings is 1. The number of aryl methyl sites for hydroxylation is 1. The highest BCUT2D eigenvalue weighted by Crippen LogP contribution is 2.29. The summed E-state index contributed by atoms with van der Waals surface area (Å²) in [4.78, 5) is 14.8. The van der Waals surface area contributed by atoms with Gasteiger partial charge in [0.05, 0.1) is 19.1 Å². The molecule has 1 aliphatic heterocycles. The van der Waals surface area contributed by atoms with Crippen molar-refractivity contribution in [3.05, 3.63) is 48.0 Å². The zero-order chi connectivity index (χ0) is 21.9. The molecule has 0 aromatic heterocycles. The third-order valence-electron chi connectivity index (χ3n) is 5.60. The van der Waals surface area contributed by atoms with Gasteiger partial charge in [-0.25, -0.2) is 8.42 Å². The molecule has 8 heteroatoms. The fourth-order valence-electron chi connectivity index (χ4n) is 3.71. The van der Waals surface area contributed by atoms with Crippen LogP contribution in [-0.4, -0.2) is 53.0 Å².